The van der Waals surface area contributed by atoms with Crippen LogP contribution in [0, 0.1) is 13.8 Å². The number of hydrogen-bond acceptors (Lipinski definition) is 15. The molecule has 8 rings (SSSR count). The smallest absolute Gasteiger partial charge is 0.871 e. The molecule has 0 atom stereocenters. The molecule has 0 aliphatic carbocycles. The fourth-order valence-electron chi connectivity index (χ4n) is 7.19. The Morgan fingerprint density at radius 2 is 1.07 bits per heavy atom. The van der Waals surface area contributed by atoms with Gasteiger partial charge < -0.3 is 30.1 Å². The average molecular weight is 1120 g/mol. The van der Waals surface area contributed by atoms with E-state index >= 15 is 0 Å². The molecule has 18 nitrogen and oxygen atoms in total. The van der Waals surface area contributed by atoms with Gasteiger partial charge in [0, 0.05) is 20.8 Å². The zero-order chi connectivity index (χ0) is 53.5. The van der Waals surface area contributed by atoms with Crippen LogP contribution in [-0.4, -0.2) is 93.8 Å². The van der Waals surface area contributed by atoms with E-state index in [-0.39, 0.29) is 87.3 Å². The number of benzene rings is 8. The van der Waals surface area contributed by atoms with Gasteiger partial charge in [-0.1, -0.05) is 102 Å². The Hall–Kier alpha value is -6.72. The van der Waals surface area contributed by atoms with E-state index in [1.807, 2.05) is 6.92 Å². The molecule has 0 aliphatic heterocycles. The van der Waals surface area contributed by atoms with Crippen LogP contribution in [0.3, 0.4) is 0 Å². The molecular weight excluding hydrogens is 1080 g/mol. The van der Waals surface area contributed by atoms with Crippen molar-refractivity contribution in [3.63, 3.8) is 0 Å². The molecule has 380 valence electrons. The maximum absolute atomic E-state index is 13.4. The van der Waals surface area contributed by atoms with E-state index in [1.54, 1.807) is 118 Å². The number of anilines is 1. The summed E-state index contributed by atoms with van der Waals surface area (Å²) in [6, 6.07) is 34.7. The quantitative estimate of drug-likeness (QED) is 0.0260. The molecule has 0 spiro atoms. The monoisotopic (exact) mass is 1120 g/mol. The zero-order valence-electron chi connectivity index (χ0n) is 40.1. The van der Waals surface area contributed by atoms with Gasteiger partial charge in [-0.25, -0.2) is 0 Å². The maximum Gasteiger partial charge on any atom is 2.00 e. The SMILES string of the molecule is CCOc1ccccc1N=C([O-])c1cc2ccccc2c(N=Nc2cc(S(=O)(=O)O)cc(Cl)c2C)c1[O-].CCOc1ccccc1NC(=O)c1cc2ccccc2c(N=Nc2cc(S(=O)(=O)O)cc(Cl)c2C)c1O.[Ca+2]. The first-order valence-corrected chi connectivity index (χ1v) is 25.7. The van der Waals surface area contributed by atoms with Crippen molar-refractivity contribution in [3.05, 3.63) is 166 Å². The first-order chi connectivity index (χ1) is 35.2. The minimum atomic E-state index is -4.56. The van der Waals surface area contributed by atoms with Gasteiger partial charge in [-0.2, -0.15) is 32.2 Å². The van der Waals surface area contributed by atoms with Gasteiger partial charge in [0.25, 0.3) is 26.1 Å². The Morgan fingerprint density at radius 3 is 1.61 bits per heavy atom. The van der Waals surface area contributed by atoms with Crippen LogP contribution in [0.4, 0.5) is 34.1 Å². The van der Waals surface area contributed by atoms with E-state index in [4.69, 9.17) is 32.7 Å². The molecule has 8 aromatic carbocycles. The van der Waals surface area contributed by atoms with Gasteiger partial charge in [-0.05, 0) is 122 Å². The van der Waals surface area contributed by atoms with Crippen molar-refractivity contribution in [1.82, 2.24) is 0 Å². The standard InChI is InChI=1S/2C26H22ClN3O6S.Ca/c2*1-3-36-23-11-7-6-10-21(23)28-26(32)19-12-16-8-4-5-9-18(16)24(25(19)31)30-29-22-14-17(37(33,34)35)13-20(27)15(22)2;/h2*4-14,31H,3H2,1-2H3,(H,28,32)(H,33,34,35);/q;;+2/p-2. The average Bonchev–Trinajstić information content (AvgIpc) is 3.36. The molecule has 0 heterocycles. The van der Waals surface area contributed by atoms with E-state index in [2.05, 4.69) is 30.8 Å². The maximum atomic E-state index is 13.4. The molecule has 8 aromatic rings. The fraction of sp³-hybridized carbons (Fsp3) is 0.115. The Kier molecular flexibility index (Phi) is 19.0. The van der Waals surface area contributed by atoms with Gasteiger partial charge in [-0.3, -0.25) is 18.9 Å². The number of carbonyl (C=O) groups excluding carboxylic acids is 1. The summed E-state index contributed by atoms with van der Waals surface area (Å²) in [5.74, 6) is -1.64. The van der Waals surface area contributed by atoms with E-state index in [0.29, 0.717) is 63.1 Å². The first kappa shape index (κ1) is 57.6. The number of halogens is 2. The number of phenolic OH excluding ortho intramolecular Hbond substituents is 1. The van der Waals surface area contributed by atoms with E-state index in [9.17, 15) is 46.1 Å². The Morgan fingerprint density at radius 1 is 0.613 bits per heavy atom. The molecule has 0 saturated carbocycles. The van der Waals surface area contributed by atoms with Crippen LogP contribution in [0.15, 0.2) is 169 Å². The number of rotatable bonds is 14. The van der Waals surface area contributed by atoms with Crippen molar-refractivity contribution in [2.24, 2.45) is 25.4 Å². The number of aromatic hydroxyl groups is 1. The second kappa shape index (κ2) is 24.7. The number of phenols is 1. The summed E-state index contributed by atoms with van der Waals surface area (Å²) in [4.78, 5) is 16.4. The summed E-state index contributed by atoms with van der Waals surface area (Å²) in [6.45, 7) is 7.58. The van der Waals surface area contributed by atoms with Crippen LogP contribution in [0.1, 0.15) is 40.9 Å². The number of azo groups is 2. The summed E-state index contributed by atoms with van der Waals surface area (Å²) < 4.78 is 76.3. The fourth-order valence-corrected chi connectivity index (χ4v) is 8.80. The number of ether oxygens (including phenoxy) is 2. The van der Waals surface area contributed by atoms with Crippen molar-refractivity contribution in [2.75, 3.05) is 18.5 Å². The Bertz CT molecular complexity index is 3830. The number of amides is 1. The molecule has 0 bridgehead atoms. The largest absolute Gasteiger partial charge is 2.00 e. The third-order valence-corrected chi connectivity index (χ3v) is 13.4. The molecule has 23 heteroatoms. The van der Waals surface area contributed by atoms with Gasteiger partial charge >= 0.3 is 37.7 Å². The van der Waals surface area contributed by atoms with Gasteiger partial charge in [0.1, 0.15) is 22.9 Å². The topological polar surface area (TPSA) is 284 Å². The number of nitrogens with one attached hydrogen (secondary N) is 1. The summed E-state index contributed by atoms with van der Waals surface area (Å²) in [5.41, 5.74) is 1.15. The van der Waals surface area contributed by atoms with E-state index in [1.165, 1.54) is 12.1 Å². The second-order valence-electron chi connectivity index (χ2n) is 15.8. The van der Waals surface area contributed by atoms with E-state index < -0.39 is 53.3 Å². The number of para-hydroxylation sites is 4. The molecule has 0 unspecified atom stereocenters. The zero-order valence-corrected chi connectivity index (χ0v) is 45.5. The molecule has 0 aliphatic rings. The minimum absolute atomic E-state index is 0. The van der Waals surface area contributed by atoms with Crippen molar-refractivity contribution < 1.29 is 55.5 Å². The van der Waals surface area contributed by atoms with Gasteiger partial charge in [0.2, 0.25) is 0 Å². The van der Waals surface area contributed by atoms with Crippen LogP contribution >= 0.6 is 23.2 Å². The molecule has 1 amide bonds. The van der Waals surface area contributed by atoms with E-state index in [0.717, 1.165) is 24.3 Å². The molecular formula is C52H42CaCl2N6O12S2. The van der Waals surface area contributed by atoms with Crippen molar-refractivity contribution in [2.45, 2.75) is 37.5 Å². The Labute approximate surface area is 470 Å². The van der Waals surface area contributed by atoms with Crippen molar-refractivity contribution >= 4 is 149 Å². The van der Waals surface area contributed by atoms with Gasteiger partial charge in [0.15, 0.2) is 5.75 Å². The summed E-state index contributed by atoms with van der Waals surface area (Å²) in [5, 5.41) is 58.9. The number of fused-ring (bicyclic) bond motifs is 2. The van der Waals surface area contributed by atoms with Gasteiger partial charge in [-0.15, -0.1) is 5.11 Å². The number of nitrogens with zero attached hydrogens (tertiary/aromatic N) is 5. The minimum Gasteiger partial charge on any atom is -0.871 e. The Balaban J connectivity index is 0.000000241. The van der Waals surface area contributed by atoms with Crippen LogP contribution in [0.2, 0.25) is 10.0 Å². The molecule has 0 aromatic heterocycles. The molecule has 0 fully saturated rings. The molecule has 0 saturated heterocycles. The summed E-state index contributed by atoms with van der Waals surface area (Å²) in [7, 11) is -9.11. The third-order valence-electron chi connectivity index (χ3n) is 11.0. The van der Waals surface area contributed by atoms with Crippen molar-refractivity contribution in [1.29, 1.82) is 0 Å². The first-order valence-electron chi connectivity index (χ1n) is 22.1. The van der Waals surface area contributed by atoms with Crippen LogP contribution in [-0.2, 0) is 20.2 Å². The second-order valence-corrected chi connectivity index (χ2v) is 19.5. The number of aliphatic imine (C=N–C) groups is 1. The molecule has 0 radical (unpaired) electrons. The number of hydrogen-bond donors (Lipinski definition) is 4. The molecule has 4 N–H and O–H groups in total. The predicted molar refractivity (Wildman–Crippen MR) is 284 cm³/mol. The number of carbonyl (C=O) groups is 1. The predicted octanol–water partition coefficient (Wildman–Crippen LogP) is 11.8. The summed E-state index contributed by atoms with van der Waals surface area (Å²) >= 11 is 12.2. The van der Waals surface area contributed by atoms with Crippen LogP contribution in [0.25, 0.3) is 21.5 Å². The van der Waals surface area contributed by atoms with Crippen LogP contribution < -0.4 is 25.0 Å². The molecule has 75 heavy (non-hydrogen) atoms. The van der Waals surface area contributed by atoms with Crippen LogP contribution in [0.5, 0.6) is 23.0 Å². The normalized spacial score (nSPS) is 11.9. The van der Waals surface area contributed by atoms with Gasteiger partial charge in [0.05, 0.1) is 51.3 Å². The van der Waals surface area contributed by atoms with Crippen molar-refractivity contribution in [3.8, 4) is 23.0 Å². The summed E-state index contributed by atoms with van der Waals surface area (Å²) in [6.07, 6.45) is 0. The third kappa shape index (κ3) is 13.6.